The predicted molar refractivity (Wildman–Crippen MR) is 129 cm³/mol. The normalized spacial score (nSPS) is 14.2. The van der Waals surface area contributed by atoms with Gasteiger partial charge in [-0.1, -0.05) is 30.3 Å². The number of nitrogens with one attached hydrogen (secondary N) is 2. The molecule has 2 amide bonds. The smallest absolute Gasteiger partial charge is 0.322 e. The van der Waals surface area contributed by atoms with Crippen LogP contribution in [0.4, 0.5) is 10.5 Å². The van der Waals surface area contributed by atoms with Crippen LogP contribution in [0.3, 0.4) is 0 Å². The van der Waals surface area contributed by atoms with Gasteiger partial charge in [0.2, 0.25) is 0 Å². The highest BCUT2D eigenvalue weighted by atomic mass is 16.5. The zero-order valence-corrected chi connectivity index (χ0v) is 19.1. The summed E-state index contributed by atoms with van der Waals surface area (Å²) in [4.78, 5) is 33.1. The van der Waals surface area contributed by atoms with Gasteiger partial charge in [-0.05, 0) is 36.1 Å². The fourth-order valence-corrected chi connectivity index (χ4v) is 4.03. The number of carbonyl (C=O) groups excluding carboxylic acids is 1. The number of carbonyl (C=O) groups is 1. The number of rotatable bonds is 7. The highest BCUT2D eigenvalue weighted by Gasteiger charge is 2.20. The zero-order valence-electron chi connectivity index (χ0n) is 19.1. The Morgan fingerprint density at radius 2 is 1.97 bits per heavy atom. The Labute approximate surface area is 193 Å². The molecule has 1 fully saturated rings. The molecule has 0 spiro atoms. The van der Waals surface area contributed by atoms with Crippen LogP contribution in [0, 0.1) is 6.92 Å². The number of urea groups is 1. The molecule has 33 heavy (non-hydrogen) atoms. The van der Waals surface area contributed by atoms with Crippen LogP contribution >= 0.6 is 0 Å². The van der Waals surface area contributed by atoms with Crippen molar-refractivity contribution >= 4 is 22.6 Å². The molecule has 4 rings (SSSR count). The molecule has 1 aliphatic heterocycles. The number of benzene rings is 2. The maximum atomic E-state index is 13.3. The number of ether oxygens (including phenoxy) is 2. The van der Waals surface area contributed by atoms with Crippen LogP contribution in [0.25, 0.3) is 10.9 Å². The topological polar surface area (TPSA) is 86.9 Å². The summed E-state index contributed by atoms with van der Waals surface area (Å²) in [5.74, 6) is 0.581. The number of morpholine rings is 1. The molecule has 8 heteroatoms. The van der Waals surface area contributed by atoms with Gasteiger partial charge >= 0.3 is 6.03 Å². The van der Waals surface area contributed by atoms with Crippen LogP contribution in [-0.2, 0) is 11.3 Å². The molecule has 0 saturated carbocycles. The molecule has 1 aliphatic rings. The number of nitrogens with zero attached hydrogens (tertiary/aromatic N) is 2. The Morgan fingerprint density at radius 3 is 2.76 bits per heavy atom. The third kappa shape index (κ3) is 5.53. The monoisotopic (exact) mass is 450 g/mol. The molecule has 174 valence electrons. The number of aryl methyl sites for hydroxylation is 1. The summed E-state index contributed by atoms with van der Waals surface area (Å²) < 4.78 is 10.8. The van der Waals surface area contributed by atoms with Crippen molar-refractivity contribution in [3.05, 3.63) is 70.0 Å². The minimum absolute atomic E-state index is 0.182. The Bertz CT molecular complexity index is 1170. The molecule has 1 saturated heterocycles. The number of aromatic amines is 1. The first kappa shape index (κ1) is 22.8. The van der Waals surface area contributed by atoms with Gasteiger partial charge in [0.05, 0.1) is 38.1 Å². The summed E-state index contributed by atoms with van der Waals surface area (Å²) in [5.41, 5.74) is 2.78. The van der Waals surface area contributed by atoms with Gasteiger partial charge in [-0.15, -0.1) is 0 Å². The molecule has 2 N–H and O–H groups in total. The van der Waals surface area contributed by atoms with Gasteiger partial charge in [-0.25, -0.2) is 4.79 Å². The fourth-order valence-electron chi connectivity index (χ4n) is 4.03. The number of fused-ring (bicyclic) bond motifs is 1. The number of H-pyrrole nitrogens is 1. The van der Waals surface area contributed by atoms with Gasteiger partial charge < -0.3 is 24.7 Å². The molecular formula is C25H30N4O4. The van der Waals surface area contributed by atoms with Crippen molar-refractivity contribution in [2.24, 2.45) is 0 Å². The molecule has 0 unspecified atom stereocenters. The van der Waals surface area contributed by atoms with E-state index in [-0.39, 0.29) is 18.1 Å². The lowest BCUT2D eigenvalue weighted by Crippen LogP contribution is -2.44. The molecule has 0 bridgehead atoms. The van der Waals surface area contributed by atoms with E-state index in [9.17, 15) is 9.59 Å². The van der Waals surface area contributed by atoms with E-state index in [1.807, 2.05) is 43.3 Å². The summed E-state index contributed by atoms with van der Waals surface area (Å²) >= 11 is 0. The lowest BCUT2D eigenvalue weighted by molar-refractivity contribution is 0.0349. The van der Waals surface area contributed by atoms with Crippen molar-refractivity contribution in [2.75, 3.05) is 51.8 Å². The Hall–Kier alpha value is -3.36. The summed E-state index contributed by atoms with van der Waals surface area (Å²) in [6.45, 7) is 6.39. The first-order valence-electron chi connectivity index (χ1n) is 11.2. The molecule has 2 aromatic carbocycles. The van der Waals surface area contributed by atoms with Crippen molar-refractivity contribution in [3.8, 4) is 5.75 Å². The largest absolute Gasteiger partial charge is 0.495 e. The second kappa shape index (κ2) is 10.5. The Morgan fingerprint density at radius 1 is 1.18 bits per heavy atom. The minimum atomic E-state index is -0.281. The number of hydrogen-bond acceptors (Lipinski definition) is 5. The second-order valence-electron chi connectivity index (χ2n) is 8.17. The van der Waals surface area contributed by atoms with Crippen molar-refractivity contribution in [1.29, 1.82) is 0 Å². The summed E-state index contributed by atoms with van der Waals surface area (Å²) in [5, 5.41) is 3.89. The molecule has 0 radical (unpaired) electrons. The van der Waals surface area contributed by atoms with Crippen molar-refractivity contribution in [2.45, 2.75) is 13.5 Å². The molecule has 2 heterocycles. The molecule has 0 aliphatic carbocycles. The average molecular weight is 451 g/mol. The highest BCUT2D eigenvalue weighted by Crippen LogP contribution is 2.24. The Balaban J connectivity index is 1.58. The molecule has 0 atom stereocenters. The van der Waals surface area contributed by atoms with Gasteiger partial charge in [0.15, 0.2) is 0 Å². The van der Waals surface area contributed by atoms with Crippen molar-refractivity contribution in [1.82, 2.24) is 14.8 Å². The highest BCUT2D eigenvalue weighted by molar-refractivity contribution is 5.91. The number of methoxy groups -OCH3 is 1. The first-order valence-corrected chi connectivity index (χ1v) is 11.2. The van der Waals surface area contributed by atoms with Crippen LogP contribution < -0.4 is 15.6 Å². The SMILES string of the molecule is COc1ccccc1NC(=O)N(CCN1CCOCC1)Cc1cc2cccc(C)c2[nH]c1=O. The number of pyridine rings is 1. The second-order valence-corrected chi connectivity index (χ2v) is 8.17. The number of hydrogen-bond donors (Lipinski definition) is 2. The van der Waals surface area contributed by atoms with E-state index in [4.69, 9.17) is 9.47 Å². The van der Waals surface area contributed by atoms with Gasteiger partial charge in [0.1, 0.15) is 5.75 Å². The number of anilines is 1. The van der Waals surface area contributed by atoms with Crippen LogP contribution in [0.15, 0.2) is 53.3 Å². The number of aromatic nitrogens is 1. The standard InChI is InChI=1S/C25H30N4O4/c1-18-6-5-7-19-16-20(24(30)27-23(18)19)17-29(11-10-28-12-14-33-15-13-28)25(31)26-21-8-3-4-9-22(21)32-2/h3-9,16H,10-15,17H2,1-2H3,(H,26,31)(H,27,30). The predicted octanol–water partition coefficient (Wildman–Crippen LogP) is 3.21. The van der Waals surface area contributed by atoms with Crippen LogP contribution in [0.5, 0.6) is 5.75 Å². The van der Waals surface area contributed by atoms with Gasteiger partial charge in [0.25, 0.3) is 5.56 Å². The van der Waals surface area contributed by atoms with E-state index in [0.717, 1.165) is 29.6 Å². The Kier molecular flexibility index (Phi) is 7.26. The number of amides is 2. The van der Waals surface area contributed by atoms with Gasteiger partial charge in [-0.3, -0.25) is 9.69 Å². The quantitative estimate of drug-likeness (QED) is 0.577. The third-order valence-corrected chi connectivity index (χ3v) is 5.95. The summed E-state index contributed by atoms with van der Waals surface area (Å²) in [6.07, 6.45) is 0. The van der Waals surface area contributed by atoms with E-state index < -0.39 is 0 Å². The lowest BCUT2D eigenvalue weighted by atomic mass is 10.1. The fraction of sp³-hybridized carbons (Fsp3) is 0.360. The van der Waals surface area contributed by atoms with E-state index in [1.165, 1.54) is 0 Å². The minimum Gasteiger partial charge on any atom is -0.495 e. The van der Waals surface area contributed by atoms with Crippen LogP contribution in [0.2, 0.25) is 0 Å². The van der Waals surface area contributed by atoms with Crippen molar-refractivity contribution in [3.63, 3.8) is 0 Å². The molecule has 3 aromatic rings. The average Bonchev–Trinajstić information content (AvgIpc) is 2.83. The number of para-hydroxylation sites is 3. The summed E-state index contributed by atoms with van der Waals surface area (Å²) in [7, 11) is 1.57. The van der Waals surface area contributed by atoms with E-state index in [2.05, 4.69) is 15.2 Å². The molecular weight excluding hydrogens is 420 g/mol. The van der Waals surface area contributed by atoms with E-state index >= 15 is 0 Å². The van der Waals surface area contributed by atoms with Crippen molar-refractivity contribution < 1.29 is 14.3 Å². The third-order valence-electron chi connectivity index (χ3n) is 5.95. The summed E-state index contributed by atoms with van der Waals surface area (Å²) in [6, 6.07) is 14.8. The van der Waals surface area contributed by atoms with Gasteiger partial charge in [0, 0.05) is 31.7 Å². The van der Waals surface area contributed by atoms with Crippen LogP contribution in [0.1, 0.15) is 11.1 Å². The maximum Gasteiger partial charge on any atom is 0.322 e. The van der Waals surface area contributed by atoms with E-state index in [1.54, 1.807) is 24.1 Å². The lowest BCUT2D eigenvalue weighted by Gasteiger charge is -2.30. The maximum absolute atomic E-state index is 13.3. The van der Waals surface area contributed by atoms with Gasteiger partial charge in [-0.2, -0.15) is 0 Å². The van der Waals surface area contributed by atoms with Crippen LogP contribution in [-0.4, -0.2) is 67.3 Å². The zero-order chi connectivity index (χ0) is 23.2. The molecule has 1 aromatic heterocycles. The molecule has 8 nitrogen and oxygen atoms in total. The first-order chi connectivity index (χ1) is 16.0. The van der Waals surface area contributed by atoms with E-state index in [0.29, 0.717) is 43.3 Å².